The van der Waals surface area contributed by atoms with Crippen molar-refractivity contribution in [2.75, 3.05) is 43.4 Å². The second-order valence-electron chi connectivity index (χ2n) is 18.0. The molecule has 378 valence electrons. The number of thiocarbonyl (C=S) groups is 2. The van der Waals surface area contributed by atoms with Crippen molar-refractivity contribution in [1.29, 1.82) is 0 Å². The van der Waals surface area contributed by atoms with Crippen molar-refractivity contribution in [2.45, 2.75) is 107 Å². The number of nitrogens with zero attached hydrogens (tertiary/aromatic N) is 5. The maximum atomic E-state index is 12.0. The van der Waals surface area contributed by atoms with Crippen LogP contribution in [0.2, 0.25) is 0 Å². The molecular weight excluding hydrogens is 979 g/mol. The largest absolute Gasteiger partial charge is 0.484 e. The van der Waals surface area contributed by atoms with Crippen molar-refractivity contribution in [3.63, 3.8) is 0 Å². The molecule has 0 saturated carbocycles. The van der Waals surface area contributed by atoms with E-state index >= 15 is 0 Å². The number of fused-ring (bicyclic) bond motifs is 8. The lowest BCUT2D eigenvalue weighted by molar-refractivity contribution is -1.16. The number of nitrogens with one attached hydrogen (secondary N) is 4. The van der Waals surface area contributed by atoms with Gasteiger partial charge in [-0.2, -0.15) is 16.3 Å². The van der Waals surface area contributed by atoms with E-state index in [4.69, 9.17) is 41.0 Å². The first-order valence-electron chi connectivity index (χ1n) is 23.9. The zero-order chi connectivity index (χ0) is 48.6. The van der Waals surface area contributed by atoms with Gasteiger partial charge in [-0.15, -0.1) is 23.2 Å². The lowest BCUT2D eigenvalue weighted by Crippen LogP contribution is -2.62. The van der Waals surface area contributed by atoms with Gasteiger partial charge in [0.2, 0.25) is 17.1 Å². The van der Waals surface area contributed by atoms with Gasteiger partial charge in [-0.3, -0.25) is 0 Å². The minimum atomic E-state index is -0.182. The molecule has 1 fully saturated rings. The number of benzene rings is 2. The molecule has 1 saturated heterocycles. The molecule has 3 aromatic heterocycles. The number of rotatable bonds is 23. The van der Waals surface area contributed by atoms with E-state index in [0.717, 1.165) is 115 Å². The Labute approximate surface area is 436 Å². The van der Waals surface area contributed by atoms with Gasteiger partial charge in [-0.25, -0.2) is 9.28 Å². The maximum Gasteiger partial charge on any atom is 0.484 e. The Bertz CT molecular complexity index is 2480. The summed E-state index contributed by atoms with van der Waals surface area (Å²) in [5.74, 6) is 9.60. The van der Waals surface area contributed by atoms with Crippen LogP contribution in [0.4, 0.5) is 11.4 Å². The molecule has 9 rings (SSSR count). The highest BCUT2D eigenvalue weighted by atomic mass is 32.2. The molecule has 0 aliphatic carbocycles. The number of esters is 1. The van der Waals surface area contributed by atoms with Gasteiger partial charge in [0.15, 0.2) is 55.0 Å². The Morgan fingerprint density at radius 1 is 0.577 bits per heavy atom. The van der Waals surface area contributed by atoms with Crippen LogP contribution in [0.1, 0.15) is 94.9 Å². The summed E-state index contributed by atoms with van der Waals surface area (Å²) in [4.78, 5) is 22.0. The molecule has 5 aromatic rings. The Kier molecular flexibility index (Phi) is 20.3. The van der Waals surface area contributed by atoms with Gasteiger partial charge in [0.05, 0.1) is 37.2 Å². The number of anilines is 2. The molecule has 7 heterocycles. The summed E-state index contributed by atoms with van der Waals surface area (Å²) in [6.07, 6.45) is 17.0. The summed E-state index contributed by atoms with van der Waals surface area (Å²) in [7, 11) is 0. The van der Waals surface area contributed by atoms with Crippen LogP contribution in [0, 0.1) is 0 Å². The van der Waals surface area contributed by atoms with E-state index in [1.54, 1.807) is 0 Å². The van der Waals surface area contributed by atoms with Crippen molar-refractivity contribution in [2.24, 2.45) is 11.8 Å². The van der Waals surface area contributed by atoms with Crippen LogP contribution in [0.5, 0.6) is 0 Å². The average molecular weight is 1050 g/mol. The van der Waals surface area contributed by atoms with E-state index in [1.807, 2.05) is 60.8 Å². The van der Waals surface area contributed by atoms with Crippen LogP contribution in [0.25, 0.3) is 0 Å². The van der Waals surface area contributed by atoms with E-state index in [1.165, 1.54) is 55.7 Å². The summed E-state index contributed by atoms with van der Waals surface area (Å²) in [6.45, 7) is 7.37. The first kappa shape index (κ1) is 53.9. The molecule has 4 aliphatic heterocycles. The summed E-state index contributed by atoms with van der Waals surface area (Å²) >= 11 is 12.9. The predicted molar refractivity (Wildman–Crippen MR) is 280 cm³/mol. The third kappa shape index (κ3) is 14.2. The molecular formula is C50H68N11O6S4+5. The number of hydrogen-bond donors (Lipinski definition) is 6. The molecule has 21 heteroatoms. The second-order valence-corrected chi connectivity index (χ2v) is 20.3. The summed E-state index contributed by atoms with van der Waals surface area (Å²) in [5, 5.41) is 14.2. The third-order valence-electron chi connectivity index (χ3n) is 13.2. The molecule has 2 aromatic carbocycles. The van der Waals surface area contributed by atoms with Crippen LogP contribution in [0.15, 0.2) is 132 Å². The standard InChI is InChI=1S/C25H30N6O2S2.C24H32N5O4S2.CH4/c26-32-33-35-23-12-10-20(11-13-23)28-24(34)27-14-4-1-7-17-31-18-21-8-2-5-15-29(21)25(31)30-16-6-3-9-22(30)19-31;25-32-33-35-21-12-10-19(11-13-21)27-23(34)26-14-6-3-1-2-4-8-16-29-17-20-9-5-7-15-28(20)24(29)31-22(30)18-29;/h2-3,5-6,8-13,15-16,25H,1,4,7,14,17-19,26H2,(H-,27,28,34);5,7,9-13,15,24H,1-4,6,8,14,16-18,25H2,(H-,26,27,34);1H4/q+2;+1;/p+2. The summed E-state index contributed by atoms with van der Waals surface area (Å²) < 4.78 is 23.8. The van der Waals surface area contributed by atoms with Gasteiger partial charge in [0, 0.05) is 70.7 Å². The monoisotopic (exact) mass is 1050 g/mol. The number of carbonyl (C=O) groups excluding carboxylic acids is 1. The average Bonchev–Trinajstić information content (AvgIpc) is 4.07. The number of unbranched alkanes of at least 4 members (excludes halogenated alkanes) is 7. The van der Waals surface area contributed by atoms with Gasteiger partial charge in [0.25, 0.3) is 0 Å². The lowest BCUT2D eigenvalue weighted by atomic mass is 10.1. The van der Waals surface area contributed by atoms with E-state index in [2.05, 4.69) is 115 Å². The molecule has 0 radical (unpaired) electrons. The molecule has 8 N–H and O–H groups in total. The zero-order valence-electron chi connectivity index (χ0n) is 39.2. The van der Waals surface area contributed by atoms with Gasteiger partial charge >= 0.3 is 18.6 Å². The van der Waals surface area contributed by atoms with Crippen molar-refractivity contribution in [3.05, 3.63) is 139 Å². The Morgan fingerprint density at radius 3 is 1.51 bits per heavy atom. The molecule has 0 bridgehead atoms. The zero-order valence-corrected chi connectivity index (χ0v) is 42.5. The Morgan fingerprint density at radius 2 is 1.00 bits per heavy atom. The van der Waals surface area contributed by atoms with Crippen LogP contribution in [0.3, 0.4) is 0 Å². The number of hydrogen-bond acceptors (Lipinski definition) is 12. The number of nitrogens with two attached hydrogens (primary N) is 2. The Balaban J connectivity index is 0.000000206. The SMILES string of the molecule is C.NOOSc1ccc(NC(=S)NCCCCCCCC[N+]23CC(=O)OC2[n+]2ccccc2C3)cc1.NOOSc1ccc(NC(=S)NCCCCC[N+]23Cc4cccc[n+]4C2[n+]2ccccc2C3)cc1. The topological polar surface area (TPSA) is 175 Å². The maximum absolute atomic E-state index is 12.0. The van der Waals surface area contributed by atoms with E-state index in [-0.39, 0.29) is 19.7 Å². The third-order valence-corrected chi connectivity index (χ3v) is 14.9. The van der Waals surface area contributed by atoms with Crippen molar-refractivity contribution < 1.29 is 50.8 Å². The van der Waals surface area contributed by atoms with E-state index < -0.39 is 0 Å². The molecule has 17 nitrogen and oxygen atoms in total. The minimum absolute atomic E-state index is 0. The molecule has 0 amide bonds. The number of aromatic nitrogens is 3. The second kappa shape index (κ2) is 26.7. The van der Waals surface area contributed by atoms with E-state index in [0.29, 0.717) is 27.5 Å². The summed E-state index contributed by atoms with van der Waals surface area (Å²) in [6, 6.07) is 34.6. The number of ether oxygens (including phenoxy) is 1. The van der Waals surface area contributed by atoms with Crippen LogP contribution < -0.4 is 46.8 Å². The lowest BCUT2D eigenvalue weighted by Gasteiger charge is -2.25. The predicted octanol–water partition coefficient (Wildman–Crippen LogP) is 7.21. The van der Waals surface area contributed by atoms with Crippen molar-refractivity contribution in [1.82, 2.24) is 10.6 Å². The number of quaternary nitrogens is 2. The van der Waals surface area contributed by atoms with Gasteiger partial charge < -0.3 is 26.0 Å². The molecule has 4 aliphatic rings. The van der Waals surface area contributed by atoms with Crippen LogP contribution in [-0.2, 0) is 47.8 Å². The normalized spacial score (nSPS) is 19.7. The van der Waals surface area contributed by atoms with Gasteiger partial charge in [-0.05, 0) is 130 Å². The molecule has 2 atom stereocenters. The van der Waals surface area contributed by atoms with Gasteiger partial charge in [-0.1, -0.05) is 35.8 Å². The smallest absolute Gasteiger partial charge is 0.362 e. The quantitative estimate of drug-likeness (QED) is 0.00566. The fourth-order valence-corrected chi connectivity index (χ4v) is 11.2. The molecule has 2 unspecified atom stereocenters. The van der Waals surface area contributed by atoms with Crippen LogP contribution in [-0.4, -0.2) is 57.9 Å². The highest BCUT2D eigenvalue weighted by molar-refractivity contribution is 7.94. The Hall–Kier alpha value is -4.88. The first-order valence-corrected chi connectivity index (χ1v) is 26.2. The van der Waals surface area contributed by atoms with Crippen LogP contribution >= 0.6 is 48.5 Å². The molecule has 71 heavy (non-hydrogen) atoms. The fourth-order valence-electron chi connectivity index (χ4n) is 10.0. The highest BCUT2D eigenvalue weighted by Crippen LogP contribution is 2.36. The summed E-state index contributed by atoms with van der Waals surface area (Å²) in [5.41, 5.74) is 5.90. The van der Waals surface area contributed by atoms with Gasteiger partial charge in [0.1, 0.15) is 0 Å². The fraction of sp³-hybridized carbons (Fsp3) is 0.400. The minimum Gasteiger partial charge on any atom is -0.362 e. The highest BCUT2D eigenvalue weighted by Gasteiger charge is 2.64. The molecule has 0 spiro atoms. The number of pyridine rings is 3. The first-order chi connectivity index (χ1) is 34.3. The van der Waals surface area contributed by atoms with E-state index in [9.17, 15) is 4.79 Å². The number of carbonyl (C=O) groups is 1. The van der Waals surface area contributed by atoms with Crippen molar-refractivity contribution >= 4 is 76.1 Å². The van der Waals surface area contributed by atoms with Crippen molar-refractivity contribution in [3.8, 4) is 0 Å².